The molecule has 0 amide bonds. The molecule has 0 aliphatic rings. The number of nitrogens with zero attached hydrogens (tertiary/aromatic N) is 1. The molecular formula is C13H18N2O3S. The van der Waals surface area contributed by atoms with E-state index in [9.17, 15) is 8.42 Å². The SMILES string of the molecule is CCC(CC)NS(=O)(=O)c1cncc(C#CCO)c1. The normalized spacial score (nSPS) is 11.2. The highest BCUT2D eigenvalue weighted by Gasteiger charge is 2.18. The first-order valence-corrected chi connectivity index (χ1v) is 7.59. The summed E-state index contributed by atoms with van der Waals surface area (Å²) in [7, 11) is -3.57. The molecule has 0 saturated carbocycles. The summed E-state index contributed by atoms with van der Waals surface area (Å²) in [6, 6.07) is 1.36. The van der Waals surface area contributed by atoms with Crippen molar-refractivity contribution in [1.29, 1.82) is 0 Å². The number of sulfonamides is 1. The zero-order valence-corrected chi connectivity index (χ0v) is 11.9. The lowest BCUT2D eigenvalue weighted by Gasteiger charge is -2.14. The molecule has 0 fully saturated rings. The molecule has 19 heavy (non-hydrogen) atoms. The molecule has 0 radical (unpaired) electrons. The second-order valence-electron chi connectivity index (χ2n) is 4.00. The van der Waals surface area contributed by atoms with Crippen molar-refractivity contribution in [3.8, 4) is 11.8 Å². The van der Waals surface area contributed by atoms with Gasteiger partial charge in [0.15, 0.2) is 0 Å². The first-order chi connectivity index (χ1) is 9.03. The standard InChI is InChI=1S/C13H18N2O3S/c1-3-12(4-2)15-19(17,18)13-8-11(6-5-7-16)9-14-10-13/h8-10,12,15-16H,3-4,7H2,1-2H3. The first kappa shape index (κ1) is 15.6. The zero-order valence-electron chi connectivity index (χ0n) is 11.0. The van der Waals surface area contributed by atoms with E-state index in [-0.39, 0.29) is 17.5 Å². The number of nitrogens with one attached hydrogen (secondary N) is 1. The maximum Gasteiger partial charge on any atom is 0.242 e. The molecule has 6 heteroatoms. The smallest absolute Gasteiger partial charge is 0.242 e. The van der Waals surface area contributed by atoms with Crippen molar-refractivity contribution < 1.29 is 13.5 Å². The van der Waals surface area contributed by atoms with Gasteiger partial charge in [-0.2, -0.15) is 0 Å². The van der Waals surface area contributed by atoms with Gasteiger partial charge in [-0.3, -0.25) is 4.98 Å². The number of pyridine rings is 1. The predicted molar refractivity (Wildman–Crippen MR) is 72.9 cm³/mol. The Bertz CT molecular complexity index is 569. The lowest BCUT2D eigenvalue weighted by molar-refractivity contribution is 0.350. The molecule has 5 nitrogen and oxygen atoms in total. The number of rotatable bonds is 5. The summed E-state index contributed by atoms with van der Waals surface area (Å²) in [6.45, 7) is 3.58. The fourth-order valence-electron chi connectivity index (χ4n) is 1.52. The van der Waals surface area contributed by atoms with Crippen LogP contribution in [0.5, 0.6) is 0 Å². The first-order valence-electron chi connectivity index (χ1n) is 6.10. The quantitative estimate of drug-likeness (QED) is 0.786. The summed E-state index contributed by atoms with van der Waals surface area (Å²) in [6.07, 6.45) is 4.20. The third-order valence-electron chi connectivity index (χ3n) is 2.64. The van der Waals surface area contributed by atoms with Crippen LogP contribution in [-0.2, 0) is 10.0 Å². The van der Waals surface area contributed by atoms with Gasteiger partial charge in [-0.1, -0.05) is 25.7 Å². The van der Waals surface area contributed by atoms with Crippen molar-refractivity contribution >= 4 is 10.0 Å². The van der Waals surface area contributed by atoms with Crippen LogP contribution in [0.1, 0.15) is 32.3 Å². The van der Waals surface area contributed by atoms with E-state index in [2.05, 4.69) is 21.5 Å². The fourth-order valence-corrected chi connectivity index (χ4v) is 2.91. The van der Waals surface area contributed by atoms with Crippen LogP contribution in [0.3, 0.4) is 0 Å². The lowest BCUT2D eigenvalue weighted by Crippen LogP contribution is -2.33. The van der Waals surface area contributed by atoms with Crippen LogP contribution in [-0.4, -0.2) is 31.2 Å². The molecule has 2 N–H and O–H groups in total. The molecular weight excluding hydrogens is 264 g/mol. The van der Waals surface area contributed by atoms with Gasteiger partial charge in [-0.15, -0.1) is 0 Å². The zero-order chi connectivity index (χ0) is 14.3. The molecule has 1 aromatic heterocycles. The second-order valence-corrected chi connectivity index (χ2v) is 5.72. The number of aliphatic hydroxyl groups is 1. The summed E-state index contributed by atoms with van der Waals surface area (Å²) in [4.78, 5) is 3.95. The Kier molecular flexibility index (Phi) is 5.96. The maximum absolute atomic E-state index is 12.1. The number of hydrogen-bond acceptors (Lipinski definition) is 4. The molecule has 104 valence electrons. The molecule has 0 aliphatic carbocycles. The van der Waals surface area contributed by atoms with Gasteiger partial charge in [0, 0.05) is 24.0 Å². The third kappa shape index (κ3) is 4.63. The van der Waals surface area contributed by atoms with Crippen LogP contribution in [0, 0.1) is 11.8 Å². The molecule has 1 rings (SSSR count). The van der Waals surface area contributed by atoms with Crippen LogP contribution in [0.25, 0.3) is 0 Å². The fraction of sp³-hybridized carbons (Fsp3) is 0.462. The average molecular weight is 282 g/mol. The molecule has 0 aromatic carbocycles. The third-order valence-corrected chi connectivity index (χ3v) is 4.13. The minimum absolute atomic E-state index is 0.0859. The largest absolute Gasteiger partial charge is 0.384 e. The van der Waals surface area contributed by atoms with E-state index in [1.807, 2.05) is 13.8 Å². The van der Waals surface area contributed by atoms with E-state index >= 15 is 0 Å². The minimum atomic E-state index is -3.57. The van der Waals surface area contributed by atoms with Gasteiger partial charge >= 0.3 is 0 Å². The molecule has 0 spiro atoms. The van der Waals surface area contributed by atoms with Gasteiger partial charge in [0.25, 0.3) is 0 Å². The van der Waals surface area contributed by atoms with Gasteiger partial charge in [0.1, 0.15) is 11.5 Å². The van der Waals surface area contributed by atoms with Crippen molar-refractivity contribution in [2.75, 3.05) is 6.61 Å². The average Bonchev–Trinajstić information content (AvgIpc) is 2.43. The molecule has 1 heterocycles. The summed E-state index contributed by atoms with van der Waals surface area (Å²) in [5.74, 6) is 5.09. The Morgan fingerprint density at radius 1 is 1.37 bits per heavy atom. The van der Waals surface area contributed by atoms with Crippen LogP contribution in [0.4, 0.5) is 0 Å². The Morgan fingerprint density at radius 3 is 2.63 bits per heavy atom. The molecule has 1 aromatic rings. The van der Waals surface area contributed by atoms with Crippen LogP contribution in [0.15, 0.2) is 23.4 Å². The highest BCUT2D eigenvalue weighted by Crippen LogP contribution is 2.11. The summed E-state index contributed by atoms with van der Waals surface area (Å²) in [5.41, 5.74) is 0.460. The van der Waals surface area contributed by atoms with Crippen molar-refractivity contribution in [3.63, 3.8) is 0 Å². The molecule has 0 atom stereocenters. The van der Waals surface area contributed by atoms with E-state index in [1.165, 1.54) is 18.5 Å². The summed E-state index contributed by atoms with van der Waals surface area (Å²) >= 11 is 0. The van der Waals surface area contributed by atoms with E-state index < -0.39 is 10.0 Å². The van der Waals surface area contributed by atoms with Crippen molar-refractivity contribution in [2.24, 2.45) is 0 Å². The molecule has 0 saturated heterocycles. The van der Waals surface area contributed by atoms with Crippen molar-refractivity contribution in [3.05, 3.63) is 24.0 Å². The van der Waals surface area contributed by atoms with E-state index in [1.54, 1.807) is 0 Å². The van der Waals surface area contributed by atoms with Crippen molar-refractivity contribution in [2.45, 2.75) is 37.6 Å². The number of aliphatic hydroxyl groups excluding tert-OH is 1. The molecule has 0 unspecified atom stereocenters. The lowest BCUT2D eigenvalue weighted by atomic mass is 10.2. The van der Waals surface area contributed by atoms with E-state index in [0.717, 1.165) is 12.8 Å². The maximum atomic E-state index is 12.1. The molecule has 0 aliphatic heterocycles. The van der Waals surface area contributed by atoms with Crippen LogP contribution < -0.4 is 4.72 Å². The minimum Gasteiger partial charge on any atom is -0.384 e. The van der Waals surface area contributed by atoms with Gasteiger partial charge in [0.2, 0.25) is 10.0 Å². The van der Waals surface area contributed by atoms with Crippen LogP contribution >= 0.6 is 0 Å². The van der Waals surface area contributed by atoms with Gasteiger partial charge < -0.3 is 5.11 Å². The van der Waals surface area contributed by atoms with Crippen molar-refractivity contribution in [1.82, 2.24) is 9.71 Å². The highest BCUT2D eigenvalue weighted by molar-refractivity contribution is 7.89. The number of hydrogen-bond donors (Lipinski definition) is 2. The predicted octanol–water partition coefficient (Wildman–Crippen LogP) is 0.892. The monoisotopic (exact) mass is 282 g/mol. The van der Waals surface area contributed by atoms with E-state index in [0.29, 0.717) is 5.56 Å². The molecule has 0 bridgehead atoms. The Hall–Kier alpha value is -1.42. The van der Waals surface area contributed by atoms with Gasteiger partial charge in [-0.05, 0) is 18.9 Å². The van der Waals surface area contributed by atoms with Gasteiger partial charge in [0.05, 0.1) is 0 Å². The topological polar surface area (TPSA) is 79.3 Å². The summed E-state index contributed by atoms with van der Waals surface area (Å²) in [5, 5.41) is 8.61. The van der Waals surface area contributed by atoms with Crippen LogP contribution in [0.2, 0.25) is 0 Å². The highest BCUT2D eigenvalue weighted by atomic mass is 32.2. The number of aromatic nitrogens is 1. The second kappa shape index (κ2) is 7.24. The van der Waals surface area contributed by atoms with Gasteiger partial charge in [-0.25, -0.2) is 13.1 Å². The summed E-state index contributed by atoms with van der Waals surface area (Å²) < 4.78 is 26.9. The Balaban J connectivity index is 3.01. The Labute approximate surface area is 114 Å². The Morgan fingerprint density at radius 2 is 2.05 bits per heavy atom. The van der Waals surface area contributed by atoms with E-state index in [4.69, 9.17) is 5.11 Å².